The molecule has 0 unspecified atom stereocenters. The molecule has 1 aromatic rings. The quantitative estimate of drug-likeness (QED) is 0.890. The molecule has 96 valence electrons. The number of halogens is 3. The van der Waals surface area contributed by atoms with Crippen LogP contribution in [0, 0.1) is 13.8 Å². The Labute approximate surface area is 98.4 Å². The maximum atomic E-state index is 12.3. The number of hydrogen-bond donors (Lipinski definition) is 1. The van der Waals surface area contributed by atoms with Gasteiger partial charge in [-0.05, 0) is 25.5 Å². The highest BCUT2D eigenvalue weighted by molar-refractivity contribution is 5.51. The average molecular weight is 247 g/mol. The molecule has 1 heterocycles. The number of aryl methyl sites for hydroxylation is 2. The predicted molar refractivity (Wildman–Crippen MR) is 60.9 cm³/mol. The number of nitrogens with zero attached hydrogens (tertiary/aromatic N) is 2. The van der Waals surface area contributed by atoms with E-state index in [9.17, 15) is 13.2 Å². The third-order valence-corrected chi connectivity index (χ3v) is 2.44. The lowest BCUT2D eigenvalue weighted by atomic mass is 10.1. The summed E-state index contributed by atoms with van der Waals surface area (Å²) >= 11 is 0. The molecule has 0 spiro atoms. The van der Waals surface area contributed by atoms with E-state index < -0.39 is 12.7 Å². The highest BCUT2D eigenvalue weighted by Crippen LogP contribution is 2.24. The Morgan fingerprint density at radius 1 is 1.35 bits per heavy atom. The van der Waals surface area contributed by atoms with E-state index in [1.54, 1.807) is 6.92 Å². The Kier molecular flexibility index (Phi) is 3.98. The van der Waals surface area contributed by atoms with Crippen LogP contribution in [-0.2, 0) is 6.54 Å². The zero-order valence-electron chi connectivity index (χ0n) is 10.1. The lowest BCUT2D eigenvalue weighted by molar-refractivity contribution is -0.119. The summed E-state index contributed by atoms with van der Waals surface area (Å²) in [7, 11) is 1.37. The highest BCUT2D eigenvalue weighted by atomic mass is 19.4. The minimum atomic E-state index is -4.25. The smallest absolute Gasteiger partial charge is 0.350 e. The highest BCUT2D eigenvalue weighted by Gasteiger charge is 2.30. The first-order valence-corrected chi connectivity index (χ1v) is 5.19. The van der Waals surface area contributed by atoms with Gasteiger partial charge < -0.3 is 10.6 Å². The number of anilines is 1. The minimum absolute atomic E-state index is 0.177. The summed E-state index contributed by atoms with van der Waals surface area (Å²) in [5.74, 6) is 0.308. The Bertz CT molecular complexity index is 402. The lowest BCUT2D eigenvalue weighted by Crippen LogP contribution is -2.32. The van der Waals surface area contributed by atoms with E-state index in [4.69, 9.17) is 5.73 Å². The number of aromatic nitrogens is 1. The van der Waals surface area contributed by atoms with Crippen molar-refractivity contribution in [1.29, 1.82) is 0 Å². The van der Waals surface area contributed by atoms with Gasteiger partial charge in [0.15, 0.2) is 0 Å². The molecule has 0 radical (unpaired) electrons. The van der Waals surface area contributed by atoms with Crippen molar-refractivity contribution in [2.75, 3.05) is 18.5 Å². The fourth-order valence-corrected chi connectivity index (χ4v) is 1.76. The Morgan fingerprint density at radius 2 is 1.94 bits per heavy atom. The van der Waals surface area contributed by atoms with Gasteiger partial charge in [0.2, 0.25) is 0 Å². The summed E-state index contributed by atoms with van der Waals surface area (Å²) < 4.78 is 37.0. The average Bonchev–Trinajstić information content (AvgIpc) is 2.13. The third kappa shape index (κ3) is 3.59. The van der Waals surface area contributed by atoms with Crippen LogP contribution in [0.3, 0.4) is 0 Å². The zero-order chi connectivity index (χ0) is 13.2. The third-order valence-electron chi connectivity index (χ3n) is 2.44. The van der Waals surface area contributed by atoms with Crippen molar-refractivity contribution in [2.24, 2.45) is 5.73 Å². The molecule has 1 rings (SSSR count). The molecule has 2 N–H and O–H groups in total. The fraction of sp³-hybridized carbons (Fsp3) is 0.545. The van der Waals surface area contributed by atoms with E-state index >= 15 is 0 Å². The van der Waals surface area contributed by atoms with Crippen molar-refractivity contribution in [3.05, 3.63) is 22.9 Å². The molecule has 6 heteroatoms. The van der Waals surface area contributed by atoms with Crippen LogP contribution in [0.5, 0.6) is 0 Å². The van der Waals surface area contributed by atoms with Gasteiger partial charge in [-0.15, -0.1) is 0 Å². The van der Waals surface area contributed by atoms with E-state index in [0.29, 0.717) is 17.1 Å². The van der Waals surface area contributed by atoms with Crippen molar-refractivity contribution in [3.63, 3.8) is 0 Å². The van der Waals surface area contributed by atoms with Gasteiger partial charge in [-0.2, -0.15) is 13.2 Å². The second kappa shape index (κ2) is 4.91. The molecule has 0 atom stereocenters. The second-order valence-electron chi connectivity index (χ2n) is 4.06. The van der Waals surface area contributed by atoms with Crippen molar-refractivity contribution >= 4 is 5.82 Å². The fourth-order valence-electron chi connectivity index (χ4n) is 1.76. The predicted octanol–water partition coefficient (Wildman–Crippen LogP) is 2.16. The molecule has 0 amide bonds. The van der Waals surface area contributed by atoms with Gasteiger partial charge in [0.1, 0.15) is 12.4 Å². The maximum absolute atomic E-state index is 12.3. The molecule has 1 aromatic heterocycles. The second-order valence-corrected chi connectivity index (χ2v) is 4.06. The first-order chi connectivity index (χ1) is 7.74. The van der Waals surface area contributed by atoms with Crippen molar-refractivity contribution in [1.82, 2.24) is 4.98 Å². The summed E-state index contributed by atoms with van der Waals surface area (Å²) in [5, 5.41) is 0. The molecule has 0 aromatic carbocycles. The molecule has 0 aliphatic rings. The van der Waals surface area contributed by atoms with E-state index in [-0.39, 0.29) is 6.54 Å². The van der Waals surface area contributed by atoms with E-state index in [1.807, 2.05) is 13.0 Å². The van der Waals surface area contributed by atoms with Gasteiger partial charge in [-0.25, -0.2) is 4.98 Å². The summed E-state index contributed by atoms with van der Waals surface area (Å²) in [6.45, 7) is 2.71. The Morgan fingerprint density at radius 3 is 2.41 bits per heavy atom. The molecule has 0 fully saturated rings. The van der Waals surface area contributed by atoms with Crippen LogP contribution >= 0.6 is 0 Å². The number of pyridine rings is 1. The van der Waals surface area contributed by atoms with Crippen LogP contribution < -0.4 is 10.6 Å². The standard InChI is InChI=1S/C11H16F3N3/c1-7-4-8(2)16-10(9(7)5-15)17(3)6-11(12,13)14/h4H,5-6,15H2,1-3H3. The summed E-state index contributed by atoms with van der Waals surface area (Å²) in [6, 6.07) is 1.81. The van der Waals surface area contributed by atoms with Crippen molar-refractivity contribution in [2.45, 2.75) is 26.6 Å². The van der Waals surface area contributed by atoms with Crippen LogP contribution in [0.4, 0.5) is 19.0 Å². The normalized spacial score (nSPS) is 11.7. The molecular formula is C11H16F3N3. The molecule has 17 heavy (non-hydrogen) atoms. The van der Waals surface area contributed by atoms with Crippen LogP contribution in [0.1, 0.15) is 16.8 Å². The molecular weight excluding hydrogens is 231 g/mol. The Balaban J connectivity index is 3.11. The van der Waals surface area contributed by atoms with Crippen molar-refractivity contribution < 1.29 is 13.2 Å². The maximum Gasteiger partial charge on any atom is 0.405 e. The number of nitrogens with two attached hydrogens (primary N) is 1. The lowest BCUT2D eigenvalue weighted by Gasteiger charge is -2.23. The van der Waals surface area contributed by atoms with Gasteiger partial charge in [0, 0.05) is 24.8 Å². The van der Waals surface area contributed by atoms with Crippen LogP contribution in [-0.4, -0.2) is 24.8 Å². The zero-order valence-corrected chi connectivity index (χ0v) is 10.1. The summed E-state index contributed by atoms with van der Waals surface area (Å²) in [5.41, 5.74) is 7.76. The van der Waals surface area contributed by atoms with Crippen LogP contribution in [0.15, 0.2) is 6.07 Å². The first kappa shape index (κ1) is 13.8. The van der Waals surface area contributed by atoms with E-state index in [0.717, 1.165) is 10.5 Å². The SMILES string of the molecule is Cc1cc(C)c(CN)c(N(C)CC(F)(F)F)n1. The van der Waals surface area contributed by atoms with Crippen molar-refractivity contribution in [3.8, 4) is 0 Å². The number of alkyl halides is 3. The molecule has 0 aliphatic heterocycles. The minimum Gasteiger partial charge on any atom is -0.350 e. The molecule has 3 nitrogen and oxygen atoms in total. The molecule has 0 bridgehead atoms. The Hall–Kier alpha value is -1.30. The summed E-state index contributed by atoms with van der Waals surface area (Å²) in [4.78, 5) is 5.22. The largest absolute Gasteiger partial charge is 0.405 e. The van der Waals surface area contributed by atoms with Gasteiger partial charge in [-0.3, -0.25) is 0 Å². The summed E-state index contributed by atoms with van der Waals surface area (Å²) in [6.07, 6.45) is -4.25. The number of hydrogen-bond acceptors (Lipinski definition) is 3. The van der Waals surface area contributed by atoms with Gasteiger partial charge in [-0.1, -0.05) is 0 Å². The molecule has 0 saturated heterocycles. The van der Waals surface area contributed by atoms with Gasteiger partial charge >= 0.3 is 6.18 Å². The van der Waals surface area contributed by atoms with Crippen LogP contribution in [0.2, 0.25) is 0 Å². The van der Waals surface area contributed by atoms with E-state index in [1.165, 1.54) is 7.05 Å². The monoisotopic (exact) mass is 247 g/mol. The topological polar surface area (TPSA) is 42.1 Å². The van der Waals surface area contributed by atoms with Crippen LogP contribution in [0.25, 0.3) is 0 Å². The van der Waals surface area contributed by atoms with Gasteiger partial charge in [0.25, 0.3) is 0 Å². The number of rotatable bonds is 3. The molecule has 0 aliphatic carbocycles. The van der Waals surface area contributed by atoms with E-state index in [2.05, 4.69) is 4.98 Å². The molecule has 0 saturated carbocycles. The van der Waals surface area contributed by atoms with Gasteiger partial charge in [0.05, 0.1) is 0 Å². The first-order valence-electron chi connectivity index (χ1n) is 5.19.